The minimum atomic E-state index is -1.03. The Morgan fingerprint density at radius 3 is 2.75 bits per heavy atom. The fraction of sp³-hybridized carbons (Fsp3) is 0.800. The Labute approximate surface area is 118 Å². The highest BCUT2D eigenvalue weighted by Crippen LogP contribution is 2.54. The summed E-state index contributed by atoms with van der Waals surface area (Å²) in [7, 11) is 0. The van der Waals surface area contributed by atoms with Gasteiger partial charge in [0.2, 0.25) is 0 Å². The van der Waals surface area contributed by atoms with Crippen LogP contribution in [0.2, 0.25) is 0 Å². The van der Waals surface area contributed by atoms with Crippen molar-refractivity contribution in [1.29, 1.82) is 0 Å². The zero-order chi connectivity index (χ0) is 14.7. The second-order valence-corrected chi connectivity index (χ2v) is 6.78. The van der Waals surface area contributed by atoms with Crippen LogP contribution in [-0.4, -0.2) is 34.9 Å². The van der Waals surface area contributed by atoms with Gasteiger partial charge in [0, 0.05) is 23.3 Å². The first kappa shape index (κ1) is 14.0. The summed E-state index contributed by atoms with van der Waals surface area (Å²) < 4.78 is 10.6. The van der Waals surface area contributed by atoms with Crippen molar-refractivity contribution in [1.82, 2.24) is 0 Å². The lowest BCUT2D eigenvalue weighted by Crippen LogP contribution is -2.51. The molecule has 2 heterocycles. The van der Waals surface area contributed by atoms with E-state index in [4.69, 9.17) is 9.47 Å². The summed E-state index contributed by atoms with van der Waals surface area (Å²) in [5.74, 6) is -0.00537. The lowest BCUT2D eigenvalue weighted by Gasteiger charge is -2.48. The van der Waals surface area contributed by atoms with Crippen molar-refractivity contribution >= 4 is 5.97 Å². The van der Waals surface area contributed by atoms with Gasteiger partial charge in [-0.05, 0) is 24.7 Å². The first-order chi connectivity index (χ1) is 9.33. The van der Waals surface area contributed by atoms with Crippen molar-refractivity contribution in [2.24, 2.45) is 23.2 Å². The van der Waals surface area contributed by atoms with Crippen LogP contribution in [0.25, 0.3) is 0 Å². The molecule has 3 aliphatic rings. The molecule has 2 N–H and O–H groups in total. The highest BCUT2D eigenvalue weighted by molar-refractivity contribution is 5.90. The molecule has 0 bridgehead atoms. The molecule has 0 spiro atoms. The van der Waals surface area contributed by atoms with E-state index in [-0.39, 0.29) is 29.8 Å². The number of ether oxygens (including phenoxy) is 2. The standard InChI is InChI=1S/C15H22O5/c1-7-4-11-9(8(2)13(17)19-11)6-15(3)10(7)5-12(16)20-14(15)18/h7,9-12,14,16,18H,2,4-6H2,1,3H3. The average molecular weight is 282 g/mol. The molecule has 7 unspecified atom stereocenters. The van der Waals surface area contributed by atoms with Gasteiger partial charge in [-0.25, -0.2) is 4.79 Å². The lowest BCUT2D eigenvalue weighted by atomic mass is 9.65. The van der Waals surface area contributed by atoms with Crippen LogP contribution in [0.4, 0.5) is 0 Å². The fourth-order valence-electron chi connectivity index (χ4n) is 4.31. The van der Waals surface area contributed by atoms with Crippen molar-refractivity contribution in [3.05, 3.63) is 12.2 Å². The quantitative estimate of drug-likeness (QED) is 0.515. The highest BCUT2D eigenvalue weighted by Gasteiger charge is 2.56. The van der Waals surface area contributed by atoms with Crippen molar-refractivity contribution < 1.29 is 24.5 Å². The van der Waals surface area contributed by atoms with Gasteiger partial charge >= 0.3 is 5.97 Å². The molecule has 3 fully saturated rings. The Morgan fingerprint density at radius 1 is 1.35 bits per heavy atom. The summed E-state index contributed by atoms with van der Waals surface area (Å²) >= 11 is 0. The van der Waals surface area contributed by atoms with Crippen molar-refractivity contribution in [2.45, 2.75) is 51.8 Å². The normalized spacial score (nSPS) is 52.0. The minimum absolute atomic E-state index is 0.0616. The zero-order valence-electron chi connectivity index (χ0n) is 11.9. The number of esters is 1. The van der Waals surface area contributed by atoms with Gasteiger partial charge in [0.25, 0.3) is 0 Å². The van der Waals surface area contributed by atoms with Gasteiger partial charge in [0.15, 0.2) is 12.6 Å². The van der Waals surface area contributed by atoms with Crippen LogP contribution in [0.15, 0.2) is 12.2 Å². The van der Waals surface area contributed by atoms with Gasteiger partial charge in [-0.2, -0.15) is 0 Å². The van der Waals surface area contributed by atoms with E-state index in [1.54, 1.807) is 0 Å². The maximum Gasteiger partial charge on any atom is 0.334 e. The number of carbonyl (C=O) groups excluding carboxylic acids is 1. The van der Waals surface area contributed by atoms with Crippen molar-refractivity contribution in [2.75, 3.05) is 0 Å². The van der Waals surface area contributed by atoms with Crippen LogP contribution in [0.1, 0.15) is 33.1 Å². The summed E-state index contributed by atoms with van der Waals surface area (Å²) in [6.45, 7) is 7.91. The molecule has 3 rings (SSSR count). The molecule has 5 nitrogen and oxygen atoms in total. The molecule has 0 aromatic rings. The largest absolute Gasteiger partial charge is 0.458 e. The summed E-state index contributed by atoms with van der Waals surface area (Å²) in [5, 5.41) is 20.1. The van der Waals surface area contributed by atoms with Gasteiger partial charge < -0.3 is 19.7 Å². The zero-order valence-corrected chi connectivity index (χ0v) is 11.9. The first-order valence-corrected chi connectivity index (χ1v) is 7.24. The van der Waals surface area contributed by atoms with Gasteiger partial charge in [0.1, 0.15) is 6.10 Å². The molecular weight excluding hydrogens is 260 g/mol. The molecule has 5 heteroatoms. The predicted molar refractivity (Wildman–Crippen MR) is 70.2 cm³/mol. The second-order valence-electron chi connectivity index (χ2n) is 6.78. The Morgan fingerprint density at radius 2 is 2.05 bits per heavy atom. The van der Waals surface area contributed by atoms with Gasteiger partial charge in [-0.1, -0.05) is 20.4 Å². The molecule has 0 amide bonds. The van der Waals surface area contributed by atoms with E-state index < -0.39 is 18.0 Å². The van der Waals surface area contributed by atoms with Gasteiger partial charge in [-0.15, -0.1) is 0 Å². The molecule has 0 radical (unpaired) electrons. The number of carbonyl (C=O) groups is 1. The summed E-state index contributed by atoms with van der Waals surface area (Å²) in [6, 6.07) is 0. The summed E-state index contributed by atoms with van der Waals surface area (Å²) in [6.07, 6.45) is -0.249. The van der Waals surface area contributed by atoms with E-state index in [0.29, 0.717) is 18.4 Å². The average Bonchev–Trinajstić information content (AvgIpc) is 2.55. The van der Waals surface area contributed by atoms with E-state index in [0.717, 1.165) is 6.42 Å². The molecule has 112 valence electrons. The molecule has 1 aliphatic carbocycles. The van der Waals surface area contributed by atoms with E-state index in [1.165, 1.54) is 0 Å². The topological polar surface area (TPSA) is 76.0 Å². The molecule has 0 aromatic carbocycles. The molecule has 7 atom stereocenters. The molecule has 0 aromatic heterocycles. The predicted octanol–water partition coefficient (Wildman–Crippen LogP) is 1.19. The highest BCUT2D eigenvalue weighted by atomic mass is 16.7. The lowest BCUT2D eigenvalue weighted by molar-refractivity contribution is -0.304. The molecular formula is C15H22O5. The summed E-state index contributed by atoms with van der Waals surface area (Å²) in [5.41, 5.74) is 0.0111. The summed E-state index contributed by atoms with van der Waals surface area (Å²) in [4.78, 5) is 11.7. The van der Waals surface area contributed by atoms with Crippen LogP contribution in [0, 0.1) is 23.2 Å². The molecule has 2 aliphatic heterocycles. The minimum Gasteiger partial charge on any atom is -0.458 e. The van der Waals surface area contributed by atoms with E-state index in [9.17, 15) is 15.0 Å². The Balaban J connectivity index is 1.96. The van der Waals surface area contributed by atoms with E-state index in [1.807, 2.05) is 6.92 Å². The van der Waals surface area contributed by atoms with Crippen LogP contribution < -0.4 is 0 Å². The second kappa shape index (κ2) is 4.55. The van der Waals surface area contributed by atoms with Crippen molar-refractivity contribution in [3.8, 4) is 0 Å². The van der Waals surface area contributed by atoms with Crippen LogP contribution in [0.5, 0.6) is 0 Å². The van der Waals surface area contributed by atoms with Crippen LogP contribution in [-0.2, 0) is 14.3 Å². The smallest absolute Gasteiger partial charge is 0.334 e. The monoisotopic (exact) mass is 282 g/mol. The number of aliphatic hydroxyl groups excluding tert-OH is 2. The third kappa shape index (κ3) is 1.91. The van der Waals surface area contributed by atoms with E-state index >= 15 is 0 Å². The van der Waals surface area contributed by atoms with Crippen molar-refractivity contribution in [3.63, 3.8) is 0 Å². The third-order valence-corrected chi connectivity index (χ3v) is 5.52. The Hall–Kier alpha value is -0.910. The van der Waals surface area contributed by atoms with Gasteiger partial charge in [-0.3, -0.25) is 0 Å². The number of fused-ring (bicyclic) bond motifs is 2. The fourth-order valence-corrected chi connectivity index (χ4v) is 4.31. The Kier molecular flexibility index (Phi) is 3.19. The van der Waals surface area contributed by atoms with Crippen LogP contribution in [0.3, 0.4) is 0 Å². The number of hydrogen-bond acceptors (Lipinski definition) is 5. The SMILES string of the molecule is C=C1C(=O)OC2CC(C)C3CC(O)OC(O)C3(C)CC12. The van der Waals surface area contributed by atoms with E-state index in [2.05, 4.69) is 13.5 Å². The number of hydrogen-bond donors (Lipinski definition) is 2. The molecule has 20 heavy (non-hydrogen) atoms. The Bertz CT molecular complexity index is 448. The molecule has 2 saturated heterocycles. The maximum atomic E-state index is 11.7. The number of aliphatic hydroxyl groups is 2. The number of rotatable bonds is 0. The van der Waals surface area contributed by atoms with Gasteiger partial charge in [0.05, 0.1) is 0 Å². The molecule has 1 saturated carbocycles. The first-order valence-electron chi connectivity index (χ1n) is 7.24. The maximum absolute atomic E-state index is 11.7. The third-order valence-electron chi connectivity index (χ3n) is 5.52. The van der Waals surface area contributed by atoms with Crippen LogP contribution >= 0.6 is 0 Å².